The van der Waals surface area contributed by atoms with Gasteiger partial charge in [0.25, 0.3) is 0 Å². The second-order valence-electron chi connectivity index (χ2n) is 5.33. The molecule has 1 aliphatic rings. The molecule has 0 aliphatic carbocycles. The summed E-state index contributed by atoms with van der Waals surface area (Å²) in [7, 11) is 0. The lowest BCUT2D eigenvalue weighted by atomic mass is 10.1. The summed E-state index contributed by atoms with van der Waals surface area (Å²) in [5.41, 5.74) is 1.85. The van der Waals surface area contributed by atoms with E-state index in [2.05, 4.69) is 15.6 Å². The molecule has 5 nitrogen and oxygen atoms in total. The molecule has 122 valence electrons. The first kappa shape index (κ1) is 16.1. The van der Waals surface area contributed by atoms with Crippen molar-refractivity contribution in [3.05, 3.63) is 78.2 Å². The van der Waals surface area contributed by atoms with Crippen LogP contribution in [-0.4, -0.2) is 22.7 Å². The van der Waals surface area contributed by atoms with Crippen LogP contribution in [0.1, 0.15) is 5.56 Å². The third-order valence-electron chi connectivity index (χ3n) is 3.36. The molecular formula is C18H17ClN4O. The number of amidine groups is 1. The van der Waals surface area contributed by atoms with E-state index in [1.165, 1.54) is 4.42 Å². The summed E-state index contributed by atoms with van der Waals surface area (Å²) in [6, 6.07) is 19.2. The summed E-state index contributed by atoms with van der Waals surface area (Å²) in [4.78, 5) is 16.6. The van der Waals surface area contributed by atoms with E-state index >= 15 is 0 Å². The molecule has 0 aromatic heterocycles. The average Bonchev–Trinajstić information content (AvgIpc) is 2.56. The highest BCUT2D eigenvalue weighted by atomic mass is 35.5. The van der Waals surface area contributed by atoms with Gasteiger partial charge in [-0.05, 0) is 17.7 Å². The molecule has 0 atom stereocenters. The van der Waals surface area contributed by atoms with Crippen LogP contribution in [0.25, 0.3) is 0 Å². The number of halogens is 1. The first-order chi connectivity index (χ1) is 11.7. The van der Waals surface area contributed by atoms with E-state index < -0.39 is 0 Å². The summed E-state index contributed by atoms with van der Waals surface area (Å²) in [6.07, 6.45) is 1.98. The van der Waals surface area contributed by atoms with Gasteiger partial charge < -0.3 is 10.6 Å². The lowest BCUT2D eigenvalue weighted by molar-refractivity contribution is -0.119. The van der Waals surface area contributed by atoms with E-state index in [4.69, 9.17) is 11.8 Å². The summed E-state index contributed by atoms with van der Waals surface area (Å²) < 4.78 is 1.45. The minimum absolute atomic E-state index is 0.119. The van der Waals surface area contributed by atoms with Gasteiger partial charge in [0, 0.05) is 17.5 Å². The minimum Gasteiger partial charge on any atom is -0.339 e. The van der Waals surface area contributed by atoms with Crippen LogP contribution in [0.5, 0.6) is 0 Å². The van der Waals surface area contributed by atoms with Gasteiger partial charge in [0.1, 0.15) is 11.7 Å². The van der Waals surface area contributed by atoms with Gasteiger partial charge in [-0.2, -0.15) is 0 Å². The number of nitrogens with one attached hydrogen (secondary N) is 2. The number of hydrogen-bond acceptors (Lipinski definition) is 4. The van der Waals surface area contributed by atoms with Crippen molar-refractivity contribution >= 4 is 29.2 Å². The SMILES string of the molecule is O=C(Cc1ccccc1)NC1=NC(Nc2ccccc2)=CN(Cl)C1. The van der Waals surface area contributed by atoms with Gasteiger partial charge in [-0.1, -0.05) is 48.5 Å². The number of para-hydroxylation sites is 1. The molecule has 3 rings (SSSR count). The molecule has 6 heteroatoms. The fraction of sp³-hybridized carbons (Fsp3) is 0.111. The zero-order valence-corrected chi connectivity index (χ0v) is 13.7. The van der Waals surface area contributed by atoms with Crippen molar-refractivity contribution < 1.29 is 4.79 Å². The van der Waals surface area contributed by atoms with Gasteiger partial charge in [0.05, 0.1) is 19.2 Å². The Labute approximate surface area is 145 Å². The Kier molecular flexibility index (Phi) is 5.13. The minimum atomic E-state index is -0.119. The molecule has 0 saturated heterocycles. The highest BCUT2D eigenvalue weighted by Gasteiger charge is 2.15. The number of carbonyl (C=O) groups is 1. The number of anilines is 1. The van der Waals surface area contributed by atoms with Gasteiger partial charge in [0.2, 0.25) is 5.91 Å². The zero-order valence-electron chi connectivity index (χ0n) is 12.9. The molecule has 0 saturated carbocycles. The Morgan fingerprint density at radius 2 is 1.75 bits per heavy atom. The van der Waals surface area contributed by atoms with Crippen LogP contribution in [-0.2, 0) is 11.2 Å². The maximum absolute atomic E-state index is 12.2. The van der Waals surface area contributed by atoms with Gasteiger partial charge >= 0.3 is 0 Å². The third kappa shape index (κ3) is 4.60. The summed E-state index contributed by atoms with van der Waals surface area (Å²) in [5.74, 6) is 0.954. The number of nitrogens with zero attached hydrogens (tertiary/aromatic N) is 2. The molecule has 0 spiro atoms. The fourth-order valence-corrected chi connectivity index (χ4v) is 2.52. The smallest absolute Gasteiger partial charge is 0.229 e. The van der Waals surface area contributed by atoms with E-state index in [0.717, 1.165) is 11.3 Å². The predicted molar refractivity (Wildman–Crippen MR) is 96.4 cm³/mol. The normalized spacial score (nSPS) is 13.8. The molecule has 0 radical (unpaired) electrons. The van der Waals surface area contributed by atoms with Crippen molar-refractivity contribution in [3.63, 3.8) is 0 Å². The fourth-order valence-electron chi connectivity index (χ4n) is 2.31. The topological polar surface area (TPSA) is 56.7 Å². The highest BCUT2D eigenvalue weighted by Crippen LogP contribution is 2.14. The van der Waals surface area contributed by atoms with Crippen molar-refractivity contribution in [2.45, 2.75) is 6.42 Å². The molecule has 24 heavy (non-hydrogen) atoms. The standard InChI is InChI=1S/C18H17ClN4O/c19-23-12-16(20-15-9-5-2-6-10-15)21-17(13-23)22-18(24)11-14-7-3-1-4-8-14/h1-10,12,20H,11,13H2,(H,21,22,24). The molecule has 1 amide bonds. The maximum Gasteiger partial charge on any atom is 0.229 e. The van der Waals surface area contributed by atoms with Crippen molar-refractivity contribution in [2.24, 2.45) is 4.99 Å². The second-order valence-corrected chi connectivity index (χ2v) is 5.77. The molecule has 1 heterocycles. The third-order valence-corrected chi connectivity index (χ3v) is 3.57. The van der Waals surface area contributed by atoms with Gasteiger partial charge in [-0.3, -0.25) is 9.21 Å². The molecule has 2 aromatic rings. The van der Waals surface area contributed by atoms with Crippen LogP contribution in [0, 0.1) is 0 Å². The van der Waals surface area contributed by atoms with Crippen molar-refractivity contribution in [2.75, 3.05) is 11.9 Å². The number of hydrogen-bond donors (Lipinski definition) is 2. The number of amides is 1. The Balaban J connectivity index is 1.64. The molecule has 0 fully saturated rings. The molecule has 2 N–H and O–H groups in total. The van der Waals surface area contributed by atoms with E-state index in [1.54, 1.807) is 6.20 Å². The summed E-state index contributed by atoms with van der Waals surface area (Å²) >= 11 is 6.10. The largest absolute Gasteiger partial charge is 0.339 e. The molecule has 2 aromatic carbocycles. The van der Waals surface area contributed by atoms with Crippen molar-refractivity contribution in [1.82, 2.24) is 9.74 Å². The van der Waals surface area contributed by atoms with Crippen molar-refractivity contribution in [3.8, 4) is 0 Å². The van der Waals surface area contributed by atoms with Gasteiger partial charge in [-0.15, -0.1) is 0 Å². The predicted octanol–water partition coefficient (Wildman–Crippen LogP) is 3.12. The Morgan fingerprint density at radius 1 is 1.08 bits per heavy atom. The maximum atomic E-state index is 12.2. The molecular weight excluding hydrogens is 324 g/mol. The number of aliphatic imine (C=N–C) groups is 1. The molecule has 0 bridgehead atoms. The Morgan fingerprint density at radius 3 is 2.46 bits per heavy atom. The second kappa shape index (κ2) is 7.66. The number of carbonyl (C=O) groups excluding carboxylic acids is 1. The van der Waals surface area contributed by atoms with E-state index in [0.29, 0.717) is 24.6 Å². The lowest BCUT2D eigenvalue weighted by Gasteiger charge is -2.21. The monoisotopic (exact) mass is 340 g/mol. The van der Waals surface area contributed by atoms with Gasteiger partial charge in [-0.25, -0.2) is 4.99 Å². The molecule has 0 unspecified atom stereocenters. The van der Waals surface area contributed by atoms with Crippen LogP contribution >= 0.6 is 11.8 Å². The van der Waals surface area contributed by atoms with E-state index in [-0.39, 0.29) is 5.91 Å². The molecule has 1 aliphatic heterocycles. The van der Waals surface area contributed by atoms with Crippen LogP contribution in [0.2, 0.25) is 0 Å². The number of rotatable bonds is 4. The Bertz CT molecular complexity index is 759. The lowest BCUT2D eigenvalue weighted by Crippen LogP contribution is -2.39. The zero-order chi connectivity index (χ0) is 16.8. The highest BCUT2D eigenvalue weighted by molar-refractivity contribution is 6.16. The number of benzene rings is 2. The quantitative estimate of drug-likeness (QED) is 0.841. The summed E-state index contributed by atoms with van der Waals surface area (Å²) in [5, 5.41) is 5.98. The van der Waals surface area contributed by atoms with Gasteiger partial charge in [0.15, 0.2) is 0 Å². The van der Waals surface area contributed by atoms with Crippen LogP contribution in [0.3, 0.4) is 0 Å². The van der Waals surface area contributed by atoms with E-state index in [9.17, 15) is 4.79 Å². The summed E-state index contributed by atoms with van der Waals surface area (Å²) in [6.45, 7) is 0.335. The van der Waals surface area contributed by atoms with Crippen molar-refractivity contribution in [1.29, 1.82) is 0 Å². The van der Waals surface area contributed by atoms with Crippen LogP contribution in [0.15, 0.2) is 77.7 Å². The average molecular weight is 341 g/mol. The van der Waals surface area contributed by atoms with E-state index in [1.807, 2.05) is 60.7 Å². The van der Waals surface area contributed by atoms with Crippen LogP contribution < -0.4 is 10.6 Å². The van der Waals surface area contributed by atoms with Crippen LogP contribution in [0.4, 0.5) is 5.69 Å². The Hall–Kier alpha value is -2.79. The first-order valence-corrected chi connectivity index (χ1v) is 7.90. The first-order valence-electron chi connectivity index (χ1n) is 7.57.